The molecule has 0 atom stereocenters. The third-order valence-electron chi connectivity index (χ3n) is 3.62. The third-order valence-corrected chi connectivity index (χ3v) is 5.76. The molecule has 0 radical (unpaired) electrons. The molecule has 1 N–H and O–H groups in total. The van der Waals surface area contributed by atoms with E-state index in [2.05, 4.69) is 39.5 Å². The van der Waals surface area contributed by atoms with Crippen LogP contribution in [0.2, 0.25) is 0 Å². The lowest BCUT2D eigenvalue weighted by atomic mass is 10.1. The molecule has 0 bridgehead atoms. The summed E-state index contributed by atoms with van der Waals surface area (Å²) in [4.78, 5) is 8.11. The smallest absolute Gasteiger partial charge is 0.168 e. The second kappa shape index (κ2) is 4.91. The fraction of sp³-hybridized carbons (Fsp3) is 0.267. The maximum atomic E-state index is 9.32. The van der Waals surface area contributed by atoms with Gasteiger partial charge in [0, 0.05) is 34.7 Å². The van der Waals surface area contributed by atoms with Gasteiger partial charge in [-0.1, -0.05) is 30.0 Å². The van der Waals surface area contributed by atoms with Crippen molar-refractivity contribution in [2.24, 2.45) is 4.99 Å². The van der Waals surface area contributed by atoms with Crippen LogP contribution in [0.3, 0.4) is 0 Å². The minimum absolute atomic E-state index is 0.188. The van der Waals surface area contributed by atoms with E-state index in [9.17, 15) is 5.11 Å². The summed E-state index contributed by atoms with van der Waals surface area (Å²) in [6, 6.07) is 8.62. The minimum atomic E-state index is 0.188. The molecule has 1 aromatic carbocycles. The van der Waals surface area contributed by atoms with Crippen molar-refractivity contribution < 1.29 is 5.11 Å². The van der Waals surface area contributed by atoms with Gasteiger partial charge in [-0.05, 0) is 16.8 Å². The molecule has 2 aliphatic heterocycles. The molecule has 3 heterocycles. The summed E-state index contributed by atoms with van der Waals surface area (Å²) < 4.78 is 1.33. The summed E-state index contributed by atoms with van der Waals surface area (Å²) in [7, 11) is 0. The van der Waals surface area contributed by atoms with Crippen molar-refractivity contribution in [1.29, 1.82) is 0 Å². The highest BCUT2D eigenvalue weighted by atomic mass is 32.2. The fourth-order valence-electron chi connectivity index (χ4n) is 2.78. The number of aliphatic imine (C=N–C) groups is 1. The maximum absolute atomic E-state index is 9.32. The molecule has 0 unspecified atom stereocenters. The predicted octanol–water partition coefficient (Wildman–Crippen LogP) is 3.37. The van der Waals surface area contributed by atoms with Crippen LogP contribution >= 0.6 is 23.1 Å². The zero-order chi connectivity index (χ0) is 13.5. The molecule has 0 fully saturated rings. The van der Waals surface area contributed by atoms with Crippen LogP contribution in [0.15, 0.2) is 39.5 Å². The Morgan fingerprint density at radius 3 is 3.15 bits per heavy atom. The molecule has 1 aromatic heterocycles. The number of amidine groups is 1. The summed E-state index contributed by atoms with van der Waals surface area (Å²) in [5, 5.41) is 13.8. The number of benzene rings is 1. The summed E-state index contributed by atoms with van der Waals surface area (Å²) in [5.41, 5.74) is 2.54. The Morgan fingerprint density at radius 2 is 2.25 bits per heavy atom. The second-order valence-electron chi connectivity index (χ2n) is 4.81. The summed E-state index contributed by atoms with van der Waals surface area (Å²) in [5.74, 6) is 0. The van der Waals surface area contributed by atoms with Gasteiger partial charge in [-0.3, -0.25) is 4.99 Å². The molecule has 5 heteroatoms. The highest BCUT2D eigenvalue weighted by Crippen LogP contribution is 2.45. The zero-order valence-electron chi connectivity index (χ0n) is 10.9. The van der Waals surface area contributed by atoms with E-state index >= 15 is 0 Å². The first-order valence-electron chi connectivity index (χ1n) is 6.69. The average molecular weight is 302 g/mol. The van der Waals surface area contributed by atoms with Crippen LogP contribution in [-0.4, -0.2) is 34.9 Å². The molecule has 0 amide bonds. The lowest BCUT2D eigenvalue weighted by molar-refractivity contribution is 0.301. The van der Waals surface area contributed by atoms with Crippen molar-refractivity contribution in [2.45, 2.75) is 6.42 Å². The lowest BCUT2D eigenvalue weighted by Crippen LogP contribution is -2.20. The van der Waals surface area contributed by atoms with Crippen LogP contribution in [0.5, 0.6) is 0 Å². The van der Waals surface area contributed by atoms with Crippen LogP contribution in [-0.2, 0) is 0 Å². The molecule has 2 aliphatic rings. The molecule has 102 valence electrons. The number of aliphatic hydroxyl groups excluding tert-OH is 1. The van der Waals surface area contributed by atoms with Gasteiger partial charge in [0.15, 0.2) is 5.17 Å². The van der Waals surface area contributed by atoms with Crippen molar-refractivity contribution in [1.82, 2.24) is 4.90 Å². The van der Waals surface area contributed by atoms with Gasteiger partial charge < -0.3 is 10.0 Å². The second-order valence-corrected chi connectivity index (χ2v) is 6.79. The van der Waals surface area contributed by atoms with Crippen LogP contribution < -0.4 is 0 Å². The van der Waals surface area contributed by atoms with Gasteiger partial charge >= 0.3 is 0 Å². The number of rotatable bonds is 3. The summed E-state index contributed by atoms with van der Waals surface area (Å²) in [6.45, 7) is 2.01. The Balaban J connectivity index is 1.91. The van der Waals surface area contributed by atoms with E-state index in [0.717, 1.165) is 18.3 Å². The highest BCUT2D eigenvalue weighted by molar-refractivity contribution is 8.17. The van der Waals surface area contributed by atoms with Gasteiger partial charge in [0.25, 0.3) is 0 Å². The first-order chi connectivity index (χ1) is 9.88. The predicted molar refractivity (Wildman–Crippen MR) is 87.0 cm³/mol. The van der Waals surface area contributed by atoms with E-state index in [0.29, 0.717) is 6.42 Å². The minimum Gasteiger partial charge on any atom is -0.396 e. The Kier molecular flexibility index (Phi) is 3.06. The van der Waals surface area contributed by atoms with Crippen molar-refractivity contribution in [2.75, 3.05) is 19.7 Å². The molecule has 0 saturated carbocycles. The van der Waals surface area contributed by atoms with E-state index in [1.807, 2.05) is 0 Å². The van der Waals surface area contributed by atoms with E-state index in [1.54, 1.807) is 23.1 Å². The Labute approximate surface area is 125 Å². The molecule has 0 saturated heterocycles. The van der Waals surface area contributed by atoms with E-state index in [4.69, 9.17) is 0 Å². The van der Waals surface area contributed by atoms with Crippen LogP contribution in [0, 0.1) is 0 Å². The van der Waals surface area contributed by atoms with Crippen LogP contribution in [0.25, 0.3) is 15.8 Å². The van der Waals surface area contributed by atoms with Gasteiger partial charge in [0.1, 0.15) is 0 Å². The van der Waals surface area contributed by atoms with Crippen molar-refractivity contribution in [3.05, 3.63) is 40.1 Å². The number of thioether (sulfide) groups is 1. The lowest BCUT2D eigenvalue weighted by Gasteiger charge is -2.18. The molecule has 0 aliphatic carbocycles. The number of fused-ring (bicyclic) bond motifs is 2. The fourth-order valence-corrected chi connectivity index (χ4v) is 4.87. The average Bonchev–Trinajstić information content (AvgIpc) is 3.12. The SMILES string of the molecule is OCCC1=C(c2cccc3ccsc23)N2CCN=C2S1. The number of aliphatic hydroxyl groups is 1. The molecule has 20 heavy (non-hydrogen) atoms. The Hall–Kier alpha value is -1.30. The van der Waals surface area contributed by atoms with E-state index < -0.39 is 0 Å². The maximum Gasteiger partial charge on any atom is 0.168 e. The van der Waals surface area contributed by atoms with Gasteiger partial charge in [0.05, 0.1) is 12.2 Å². The van der Waals surface area contributed by atoms with Gasteiger partial charge in [-0.2, -0.15) is 0 Å². The summed E-state index contributed by atoms with van der Waals surface area (Å²) >= 11 is 3.50. The van der Waals surface area contributed by atoms with Crippen molar-refractivity contribution in [3.63, 3.8) is 0 Å². The van der Waals surface area contributed by atoms with Crippen molar-refractivity contribution >= 4 is 44.0 Å². The number of thiophene rings is 1. The van der Waals surface area contributed by atoms with Crippen LogP contribution in [0.1, 0.15) is 12.0 Å². The van der Waals surface area contributed by atoms with Crippen LogP contribution in [0.4, 0.5) is 0 Å². The Bertz CT molecular complexity index is 732. The quantitative estimate of drug-likeness (QED) is 0.944. The van der Waals surface area contributed by atoms with Gasteiger partial charge in [-0.25, -0.2) is 0 Å². The largest absolute Gasteiger partial charge is 0.396 e. The molecular formula is C15H14N2OS2. The number of nitrogens with zero attached hydrogens (tertiary/aromatic N) is 2. The highest BCUT2D eigenvalue weighted by Gasteiger charge is 2.33. The summed E-state index contributed by atoms with van der Waals surface area (Å²) in [6.07, 6.45) is 0.706. The number of hydrogen-bond donors (Lipinski definition) is 1. The monoisotopic (exact) mass is 302 g/mol. The van der Waals surface area contributed by atoms with Crippen molar-refractivity contribution in [3.8, 4) is 0 Å². The molecule has 3 nitrogen and oxygen atoms in total. The zero-order valence-corrected chi connectivity index (χ0v) is 12.5. The van der Waals surface area contributed by atoms with E-state index in [-0.39, 0.29) is 6.61 Å². The number of hydrogen-bond acceptors (Lipinski definition) is 5. The topological polar surface area (TPSA) is 35.8 Å². The molecular weight excluding hydrogens is 288 g/mol. The first kappa shape index (κ1) is 12.4. The molecule has 0 spiro atoms. The normalized spacial score (nSPS) is 18.1. The third kappa shape index (κ3) is 1.81. The van der Waals surface area contributed by atoms with Gasteiger partial charge in [-0.15, -0.1) is 11.3 Å². The molecule has 4 rings (SSSR count). The first-order valence-corrected chi connectivity index (χ1v) is 8.38. The molecule has 2 aromatic rings. The standard InChI is InChI=1S/C15H14N2OS2/c18-8-4-12-13(17-7-6-16-15(17)20-12)11-3-1-2-10-5-9-19-14(10)11/h1-3,5,9,18H,4,6-8H2. The van der Waals surface area contributed by atoms with E-state index in [1.165, 1.54) is 26.3 Å². The van der Waals surface area contributed by atoms with Gasteiger partial charge in [0.2, 0.25) is 0 Å². The Morgan fingerprint density at radius 1 is 1.30 bits per heavy atom.